The standard InChI is InChI=1S/C17H19FN8O2S/c1-19-16(28)17-24-23-14(29-17)6-5-11(18)9-26-10-13(22-25-26)15(27)21-8-12-4-2-3-7-20-12/h2-4,7,10-11H,5-6,8-9H2,1H3,(H,19,28)(H,21,27). The van der Waals surface area contributed by atoms with Crippen LogP contribution in [0, 0.1) is 0 Å². The van der Waals surface area contributed by atoms with Gasteiger partial charge < -0.3 is 10.6 Å². The third-order valence-electron chi connectivity index (χ3n) is 3.87. The number of nitrogens with one attached hydrogen (secondary N) is 2. The van der Waals surface area contributed by atoms with E-state index in [-0.39, 0.29) is 36.1 Å². The second kappa shape index (κ2) is 9.78. The van der Waals surface area contributed by atoms with Crippen LogP contribution in [0.5, 0.6) is 0 Å². The smallest absolute Gasteiger partial charge is 0.282 e. The Balaban J connectivity index is 1.45. The summed E-state index contributed by atoms with van der Waals surface area (Å²) in [6.45, 7) is 0.222. The van der Waals surface area contributed by atoms with E-state index >= 15 is 0 Å². The Labute approximate surface area is 169 Å². The van der Waals surface area contributed by atoms with Crippen molar-refractivity contribution in [1.82, 2.24) is 40.8 Å². The molecule has 3 rings (SSSR count). The molecule has 29 heavy (non-hydrogen) atoms. The van der Waals surface area contributed by atoms with Crippen LogP contribution in [0.25, 0.3) is 0 Å². The molecule has 1 atom stereocenters. The maximum absolute atomic E-state index is 14.3. The van der Waals surface area contributed by atoms with Crippen LogP contribution in [-0.4, -0.2) is 55.2 Å². The number of amides is 2. The molecule has 0 saturated carbocycles. The second-order valence-electron chi connectivity index (χ2n) is 6.05. The van der Waals surface area contributed by atoms with Gasteiger partial charge in [0.1, 0.15) is 11.2 Å². The van der Waals surface area contributed by atoms with E-state index in [1.165, 1.54) is 17.9 Å². The molecular weight excluding hydrogens is 399 g/mol. The number of nitrogens with zero attached hydrogens (tertiary/aromatic N) is 6. The Kier molecular flexibility index (Phi) is 6.89. The van der Waals surface area contributed by atoms with Gasteiger partial charge in [0.2, 0.25) is 5.01 Å². The van der Waals surface area contributed by atoms with E-state index in [0.717, 1.165) is 11.3 Å². The van der Waals surface area contributed by atoms with Crippen LogP contribution >= 0.6 is 11.3 Å². The van der Waals surface area contributed by atoms with Gasteiger partial charge in [-0.15, -0.1) is 15.3 Å². The fourth-order valence-corrected chi connectivity index (χ4v) is 3.18. The van der Waals surface area contributed by atoms with Gasteiger partial charge in [0.25, 0.3) is 11.8 Å². The number of carbonyl (C=O) groups excluding carboxylic acids is 2. The number of halogens is 1. The van der Waals surface area contributed by atoms with E-state index in [0.29, 0.717) is 17.1 Å². The zero-order valence-corrected chi connectivity index (χ0v) is 16.4. The first-order valence-electron chi connectivity index (χ1n) is 8.82. The van der Waals surface area contributed by atoms with Crippen LogP contribution in [0.2, 0.25) is 0 Å². The van der Waals surface area contributed by atoms with Crippen LogP contribution in [0.4, 0.5) is 4.39 Å². The number of hydrogen-bond acceptors (Lipinski definition) is 8. The highest BCUT2D eigenvalue weighted by Gasteiger charge is 2.16. The highest BCUT2D eigenvalue weighted by molar-refractivity contribution is 7.13. The Bertz CT molecular complexity index is 961. The lowest BCUT2D eigenvalue weighted by Gasteiger charge is -2.06. The van der Waals surface area contributed by atoms with E-state index in [2.05, 4.69) is 36.1 Å². The molecule has 0 bridgehead atoms. The number of carbonyl (C=O) groups is 2. The molecule has 3 aromatic rings. The molecule has 12 heteroatoms. The number of pyridine rings is 1. The Morgan fingerprint density at radius 3 is 2.86 bits per heavy atom. The average Bonchev–Trinajstić information content (AvgIpc) is 3.40. The Morgan fingerprint density at radius 2 is 2.10 bits per heavy atom. The van der Waals surface area contributed by atoms with Gasteiger partial charge in [0.15, 0.2) is 5.69 Å². The van der Waals surface area contributed by atoms with Crippen molar-refractivity contribution in [2.45, 2.75) is 32.1 Å². The van der Waals surface area contributed by atoms with Gasteiger partial charge >= 0.3 is 0 Å². The molecule has 0 aromatic carbocycles. The van der Waals surface area contributed by atoms with Crippen molar-refractivity contribution < 1.29 is 14.0 Å². The fourth-order valence-electron chi connectivity index (χ4n) is 2.38. The van der Waals surface area contributed by atoms with Crippen molar-refractivity contribution in [1.29, 1.82) is 0 Å². The number of hydrogen-bond donors (Lipinski definition) is 2. The van der Waals surface area contributed by atoms with Gasteiger partial charge in [-0.1, -0.05) is 22.6 Å². The summed E-state index contributed by atoms with van der Waals surface area (Å²) in [5.74, 6) is -0.727. The molecule has 0 aliphatic carbocycles. The number of alkyl halides is 1. The van der Waals surface area contributed by atoms with Crippen LogP contribution in [0.15, 0.2) is 30.6 Å². The monoisotopic (exact) mass is 418 g/mol. The topological polar surface area (TPSA) is 128 Å². The van der Waals surface area contributed by atoms with Crippen molar-refractivity contribution in [2.75, 3.05) is 7.05 Å². The Morgan fingerprint density at radius 1 is 1.24 bits per heavy atom. The first kappa shape index (κ1) is 20.5. The minimum absolute atomic E-state index is 0.0401. The molecule has 152 valence electrons. The molecule has 3 heterocycles. The maximum atomic E-state index is 14.3. The first-order chi connectivity index (χ1) is 14.0. The summed E-state index contributed by atoms with van der Waals surface area (Å²) in [5.41, 5.74) is 0.820. The molecule has 0 fully saturated rings. The molecule has 0 aliphatic rings. The predicted molar refractivity (Wildman–Crippen MR) is 102 cm³/mol. The maximum Gasteiger partial charge on any atom is 0.282 e. The predicted octanol–water partition coefficient (Wildman–Crippen LogP) is 0.785. The van der Waals surface area contributed by atoms with Crippen molar-refractivity contribution >= 4 is 23.2 Å². The zero-order valence-electron chi connectivity index (χ0n) is 15.6. The molecular formula is C17H19FN8O2S. The number of rotatable bonds is 9. The normalized spacial score (nSPS) is 11.8. The minimum Gasteiger partial charge on any atom is -0.353 e. The number of aromatic nitrogens is 6. The molecule has 0 radical (unpaired) electrons. The molecule has 2 N–H and O–H groups in total. The fraction of sp³-hybridized carbons (Fsp3) is 0.353. The van der Waals surface area contributed by atoms with Crippen molar-refractivity contribution in [3.05, 3.63) is 52.0 Å². The first-order valence-corrected chi connectivity index (χ1v) is 9.63. The molecule has 0 saturated heterocycles. The third kappa shape index (κ3) is 5.85. The summed E-state index contributed by atoms with van der Waals surface area (Å²) in [6.07, 6.45) is 2.36. The van der Waals surface area contributed by atoms with Crippen LogP contribution in [0.1, 0.15) is 37.4 Å². The van der Waals surface area contributed by atoms with Crippen LogP contribution in [0.3, 0.4) is 0 Å². The number of aryl methyl sites for hydroxylation is 1. The summed E-state index contributed by atoms with van der Waals surface area (Å²) in [6, 6.07) is 5.41. The quantitative estimate of drug-likeness (QED) is 0.526. The molecule has 0 aliphatic heterocycles. The van der Waals surface area contributed by atoms with Gasteiger partial charge in [-0.2, -0.15) is 0 Å². The third-order valence-corrected chi connectivity index (χ3v) is 4.85. The van der Waals surface area contributed by atoms with Crippen molar-refractivity contribution in [3.8, 4) is 0 Å². The van der Waals surface area contributed by atoms with Crippen LogP contribution < -0.4 is 10.6 Å². The zero-order chi connectivity index (χ0) is 20.6. The van der Waals surface area contributed by atoms with Gasteiger partial charge in [0.05, 0.1) is 25.0 Å². The van der Waals surface area contributed by atoms with E-state index in [4.69, 9.17) is 0 Å². The minimum atomic E-state index is -1.21. The highest BCUT2D eigenvalue weighted by Crippen LogP contribution is 2.14. The summed E-state index contributed by atoms with van der Waals surface area (Å²) >= 11 is 1.13. The lowest BCUT2D eigenvalue weighted by atomic mass is 10.2. The van der Waals surface area contributed by atoms with Crippen LogP contribution in [-0.2, 0) is 19.5 Å². The largest absolute Gasteiger partial charge is 0.353 e. The molecule has 3 aromatic heterocycles. The molecule has 1 unspecified atom stereocenters. The Hall–Kier alpha value is -3.28. The summed E-state index contributed by atoms with van der Waals surface area (Å²) in [5, 5.41) is 21.2. The summed E-state index contributed by atoms with van der Waals surface area (Å²) in [4.78, 5) is 27.7. The van der Waals surface area contributed by atoms with Crippen molar-refractivity contribution in [3.63, 3.8) is 0 Å². The average molecular weight is 418 g/mol. The second-order valence-corrected chi connectivity index (χ2v) is 7.11. The van der Waals surface area contributed by atoms with Gasteiger partial charge in [-0.25, -0.2) is 9.07 Å². The van der Waals surface area contributed by atoms with Crippen molar-refractivity contribution in [2.24, 2.45) is 0 Å². The molecule has 0 spiro atoms. The molecule has 2 amide bonds. The van der Waals surface area contributed by atoms with Gasteiger partial charge in [-0.3, -0.25) is 14.6 Å². The lowest BCUT2D eigenvalue weighted by molar-refractivity contribution is 0.0942. The van der Waals surface area contributed by atoms with Gasteiger partial charge in [-0.05, 0) is 18.6 Å². The summed E-state index contributed by atoms with van der Waals surface area (Å²) < 4.78 is 15.6. The SMILES string of the molecule is CNC(=O)c1nnc(CCC(F)Cn2cc(C(=O)NCc3ccccn3)nn2)s1. The molecule has 10 nitrogen and oxygen atoms in total. The lowest BCUT2D eigenvalue weighted by Crippen LogP contribution is -2.23. The van der Waals surface area contributed by atoms with E-state index in [1.807, 2.05) is 6.07 Å². The van der Waals surface area contributed by atoms with E-state index < -0.39 is 12.1 Å². The summed E-state index contributed by atoms with van der Waals surface area (Å²) in [7, 11) is 1.51. The van der Waals surface area contributed by atoms with E-state index in [9.17, 15) is 14.0 Å². The highest BCUT2D eigenvalue weighted by atomic mass is 32.1. The van der Waals surface area contributed by atoms with Gasteiger partial charge in [0, 0.05) is 19.7 Å². The van der Waals surface area contributed by atoms with E-state index in [1.54, 1.807) is 18.3 Å².